The van der Waals surface area contributed by atoms with Gasteiger partial charge in [-0.25, -0.2) is 28.7 Å². The maximum Gasteiger partial charge on any atom is 0.227 e. The van der Waals surface area contributed by atoms with Gasteiger partial charge in [-0.15, -0.1) is 0 Å². The molecule has 0 saturated heterocycles. The van der Waals surface area contributed by atoms with Crippen molar-refractivity contribution in [3.05, 3.63) is 119 Å². The summed E-state index contributed by atoms with van der Waals surface area (Å²) in [7, 11) is 0. The maximum absolute atomic E-state index is 14.8. The largest absolute Gasteiger partial charge is 0.324 e. The molecule has 0 fully saturated rings. The number of nitrogens with one attached hydrogen (secondary N) is 2. The highest BCUT2D eigenvalue weighted by Crippen LogP contribution is 2.34. The van der Waals surface area contributed by atoms with Crippen molar-refractivity contribution in [1.29, 1.82) is 0 Å². The smallest absolute Gasteiger partial charge is 0.227 e. The number of hydrogen-bond donors (Lipinski definition) is 2. The molecule has 9 heteroatoms. The lowest BCUT2D eigenvalue weighted by Crippen LogP contribution is -2.10. The summed E-state index contributed by atoms with van der Waals surface area (Å²) in [6.07, 6.45) is 5.03. The van der Waals surface area contributed by atoms with Gasteiger partial charge in [0.15, 0.2) is 0 Å². The van der Waals surface area contributed by atoms with Crippen LogP contribution in [-0.2, 0) is 6.54 Å². The Bertz CT molecular complexity index is 1650. The molecule has 0 saturated carbocycles. The fourth-order valence-electron chi connectivity index (χ4n) is 4.32. The Morgan fingerprint density at radius 3 is 2.13 bits per heavy atom. The van der Waals surface area contributed by atoms with Gasteiger partial charge in [0, 0.05) is 46.7 Å². The van der Waals surface area contributed by atoms with E-state index in [2.05, 4.69) is 30.6 Å². The summed E-state index contributed by atoms with van der Waals surface area (Å²) in [6.45, 7) is 2.12. The van der Waals surface area contributed by atoms with Gasteiger partial charge in [0.2, 0.25) is 11.9 Å². The molecule has 0 radical (unpaired) electrons. The second-order valence-corrected chi connectivity index (χ2v) is 8.78. The number of aryl methyl sites for hydroxylation is 1. The highest BCUT2D eigenvalue weighted by atomic mass is 19.1. The van der Waals surface area contributed by atoms with Crippen LogP contribution < -0.4 is 10.6 Å². The summed E-state index contributed by atoms with van der Waals surface area (Å²) in [5.74, 6) is -0.421. The van der Waals surface area contributed by atoms with Gasteiger partial charge in [0.05, 0.1) is 23.5 Å². The monoisotopic (exact) mass is 505 g/mol. The zero-order valence-electron chi connectivity index (χ0n) is 20.3. The Kier molecular flexibility index (Phi) is 6.01. The molecule has 3 heterocycles. The molecule has 3 aromatic carbocycles. The molecule has 6 rings (SSSR count). The third kappa shape index (κ3) is 4.57. The van der Waals surface area contributed by atoms with Crippen LogP contribution >= 0.6 is 0 Å². The van der Waals surface area contributed by atoms with Crippen molar-refractivity contribution in [2.75, 3.05) is 10.6 Å². The van der Waals surface area contributed by atoms with Crippen LogP contribution in [0.3, 0.4) is 0 Å². The van der Waals surface area contributed by atoms with Crippen LogP contribution in [0.2, 0.25) is 0 Å². The molecule has 0 bridgehead atoms. The second kappa shape index (κ2) is 9.78. The molecule has 7 nitrogen and oxygen atoms in total. The van der Waals surface area contributed by atoms with Gasteiger partial charge in [0.25, 0.3) is 0 Å². The van der Waals surface area contributed by atoms with E-state index in [1.807, 2.05) is 49.4 Å². The highest BCUT2D eigenvalue weighted by molar-refractivity contribution is 6.17. The van der Waals surface area contributed by atoms with Crippen LogP contribution in [-0.4, -0.2) is 25.6 Å². The Balaban J connectivity index is 1.33. The molecule has 0 spiro atoms. The van der Waals surface area contributed by atoms with Gasteiger partial charge in [-0.3, -0.25) is 4.99 Å². The van der Waals surface area contributed by atoms with Crippen molar-refractivity contribution in [2.24, 2.45) is 4.99 Å². The number of aliphatic imine (C=N–C) groups is 1. The minimum Gasteiger partial charge on any atom is -0.324 e. The number of hydrogen-bond acceptors (Lipinski definition) is 7. The number of benzene rings is 3. The summed E-state index contributed by atoms with van der Waals surface area (Å²) >= 11 is 0. The van der Waals surface area contributed by atoms with Crippen LogP contribution in [0.5, 0.6) is 0 Å². The molecule has 0 aliphatic carbocycles. The maximum atomic E-state index is 14.8. The molecule has 2 aromatic heterocycles. The summed E-state index contributed by atoms with van der Waals surface area (Å²) in [4.78, 5) is 22.2. The standard InChI is InChI=1S/C29H21F2N7/c1-17-6-11-21-22(14-17)27(25-23(30)4-2-5-24(25)31)34-15-18-16-35-29(38-26(18)21)37-20-9-7-19(8-10-20)36-28-32-12-3-13-33-28/h2-14,16H,15H2,1H3,(H,32,33,36)(H,35,37,38). The lowest BCUT2D eigenvalue weighted by Gasteiger charge is -2.14. The van der Waals surface area contributed by atoms with Crippen LogP contribution in [0.1, 0.15) is 22.3 Å². The predicted molar refractivity (Wildman–Crippen MR) is 143 cm³/mol. The van der Waals surface area contributed by atoms with Crippen molar-refractivity contribution >= 4 is 29.0 Å². The Morgan fingerprint density at radius 1 is 0.737 bits per heavy atom. The number of nitrogens with zero attached hydrogens (tertiary/aromatic N) is 5. The van der Waals surface area contributed by atoms with E-state index < -0.39 is 11.6 Å². The normalized spacial score (nSPS) is 12.1. The number of anilines is 4. The first-order valence-electron chi connectivity index (χ1n) is 11.9. The summed E-state index contributed by atoms with van der Waals surface area (Å²) in [5.41, 5.74) is 5.45. The zero-order valence-corrected chi connectivity index (χ0v) is 20.3. The molecule has 0 atom stereocenters. The number of rotatable bonds is 5. The average molecular weight is 506 g/mol. The van der Waals surface area contributed by atoms with Crippen LogP contribution in [0.25, 0.3) is 11.3 Å². The molecule has 38 heavy (non-hydrogen) atoms. The first-order valence-corrected chi connectivity index (χ1v) is 11.9. The summed E-state index contributed by atoms with van der Waals surface area (Å²) < 4.78 is 29.6. The van der Waals surface area contributed by atoms with E-state index in [4.69, 9.17) is 4.98 Å². The summed E-state index contributed by atoms with van der Waals surface area (Å²) in [5, 5.41) is 6.37. The minimum atomic E-state index is -0.660. The molecule has 0 unspecified atom stereocenters. The number of halogens is 2. The van der Waals surface area contributed by atoms with E-state index in [0.29, 0.717) is 23.2 Å². The van der Waals surface area contributed by atoms with E-state index in [-0.39, 0.29) is 17.8 Å². The lowest BCUT2D eigenvalue weighted by atomic mass is 9.93. The van der Waals surface area contributed by atoms with Gasteiger partial charge < -0.3 is 10.6 Å². The van der Waals surface area contributed by atoms with Gasteiger partial charge in [-0.05, 0) is 55.5 Å². The first-order chi connectivity index (χ1) is 18.5. The van der Waals surface area contributed by atoms with E-state index in [1.54, 1.807) is 24.7 Å². The molecule has 1 aliphatic rings. The molecular formula is C29H21F2N7. The molecule has 2 N–H and O–H groups in total. The van der Waals surface area contributed by atoms with Crippen LogP contribution in [0.15, 0.2) is 90.3 Å². The SMILES string of the molecule is Cc1ccc2c(c1)C(c1c(F)cccc1F)=NCc1cnc(Nc3ccc(Nc4ncccn4)cc3)nc1-2. The predicted octanol–water partition coefficient (Wildman–Crippen LogP) is 6.36. The average Bonchev–Trinajstić information content (AvgIpc) is 3.07. The van der Waals surface area contributed by atoms with Crippen molar-refractivity contribution < 1.29 is 8.78 Å². The Morgan fingerprint density at radius 2 is 1.42 bits per heavy atom. The fraction of sp³-hybridized carbons (Fsp3) is 0.0690. The van der Waals surface area contributed by atoms with Gasteiger partial charge in [0.1, 0.15) is 11.6 Å². The first kappa shape index (κ1) is 23.4. The van der Waals surface area contributed by atoms with Crippen molar-refractivity contribution in [1.82, 2.24) is 19.9 Å². The van der Waals surface area contributed by atoms with Crippen LogP contribution in [0, 0.1) is 18.6 Å². The third-order valence-corrected chi connectivity index (χ3v) is 6.12. The Labute approximate surface area is 217 Å². The zero-order chi connectivity index (χ0) is 26.1. The van der Waals surface area contributed by atoms with E-state index >= 15 is 0 Å². The topological polar surface area (TPSA) is 88.0 Å². The van der Waals surface area contributed by atoms with Gasteiger partial charge in [-0.1, -0.05) is 23.8 Å². The lowest BCUT2D eigenvalue weighted by molar-refractivity contribution is 0.579. The van der Waals surface area contributed by atoms with E-state index in [0.717, 1.165) is 28.1 Å². The molecule has 1 aliphatic heterocycles. The Hall–Kier alpha value is -5.05. The van der Waals surface area contributed by atoms with Crippen molar-refractivity contribution in [3.63, 3.8) is 0 Å². The molecule has 186 valence electrons. The van der Waals surface area contributed by atoms with Crippen LogP contribution in [0.4, 0.5) is 32.1 Å². The quantitative estimate of drug-likeness (QED) is 0.289. The minimum absolute atomic E-state index is 0.145. The van der Waals surface area contributed by atoms with E-state index in [1.165, 1.54) is 18.2 Å². The second-order valence-electron chi connectivity index (χ2n) is 8.78. The number of fused-ring (bicyclic) bond motifs is 3. The fourth-order valence-corrected chi connectivity index (χ4v) is 4.32. The summed E-state index contributed by atoms with van der Waals surface area (Å²) in [6, 6.07) is 18.9. The van der Waals surface area contributed by atoms with E-state index in [9.17, 15) is 8.78 Å². The number of aromatic nitrogens is 4. The van der Waals surface area contributed by atoms with Crippen molar-refractivity contribution in [2.45, 2.75) is 13.5 Å². The highest BCUT2D eigenvalue weighted by Gasteiger charge is 2.25. The van der Waals surface area contributed by atoms with Gasteiger partial charge in [-0.2, -0.15) is 0 Å². The molecule has 5 aromatic rings. The third-order valence-electron chi connectivity index (χ3n) is 6.12. The molecule has 0 amide bonds. The molecular weight excluding hydrogens is 484 g/mol. The van der Waals surface area contributed by atoms with Gasteiger partial charge >= 0.3 is 0 Å². The van der Waals surface area contributed by atoms with Crippen molar-refractivity contribution in [3.8, 4) is 11.3 Å².